The fourth-order valence-electron chi connectivity index (χ4n) is 3.08. The van der Waals surface area contributed by atoms with Crippen LogP contribution in [-0.2, 0) is 31.1 Å². The number of alkyl halides is 3. The van der Waals surface area contributed by atoms with Gasteiger partial charge in [0.1, 0.15) is 17.5 Å². The number of nitrogens with zero attached hydrogens (tertiary/aromatic N) is 4. The monoisotopic (exact) mass is 514 g/mol. The smallest absolute Gasteiger partial charge is 0.434 e. The summed E-state index contributed by atoms with van der Waals surface area (Å²) in [5.41, 5.74) is -0.157. The largest absolute Gasteiger partial charge is 0.450 e. The fourth-order valence-corrected chi connectivity index (χ4v) is 3.22. The number of carbonyl (C=O) groups is 1. The lowest BCUT2D eigenvalue weighted by Crippen LogP contribution is -2.25. The van der Waals surface area contributed by atoms with Gasteiger partial charge < -0.3 is 19.9 Å². The zero-order valence-corrected chi connectivity index (χ0v) is 19.7. The topological polar surface area (TPSA) is 94.0 Å². The summed E-state index contributed by atoms with van der Waals surface area (Å²) >= 11 is 5.88. The number of ether oxygens (including phenoxy) is 1. The highest BCUT2D eigenvalue weighted by atomic mass is 35.5. The van der Waals surface area contributed by atoms with Gasteiger partial charge in [0, 0.05) is 31.5 Å². The van der Waals surface area contributed by atoms with Crippen LogP contribution in [0.4, 0.5) is 28.2 Å². The summed E-state index contributed by atoms with van der Waals surface area (Å²) in [5.74, 6) is -0.553. The maximum absolute atomic E-state index is 14.8. The summed E-state index contributed by atoms with van der Waals surface area (Å²) in [7, 11) is 1.36. The molecule has 3 aromatic rings. The second-order valence-electron chi connectivity index (χ2n) is 7.58. The minimum absolute atomic E-state index is 0.0291. The van der Waals surface area contributed by atoms with Gasteiger partial charge in [-0.15, -0.1) is 0 Å². The summed E-state index contributed by atoms with van der Waals surface area (Å²) < 4.78 is 59.7. The molecule has 3 rings (SSSR count). The Morgan fingerprint density at radius 3 is 2.66 bits per heavy atom. The minimum atomic E-state index is -4.63. The molecule has 0 saturated heterocycles. The summed E-state index contributed by atoms with van der Waals surface area (Å²) in [6, 6.07) is 4.10. The van der Waals surface area contributed by atoms with Gasteiger partial charge in [-0.3, -0.25) is 0 Å². The van der Waals surface area contributed by atoms with Crippen molar-refractivity contribution in [2.45, 2.75) is 39.0 Å². The molecule has 0 bridgehead atoms. The number of rotatable bonds is 9. The van der Waals surface area contributed by atoms with Crippen molar-refractivity contribution in [3.8, 4) is 11.4 Å². The molecular formula is C22H23ClF4N6O2. The zero-order valence-electron chi connectivity index (χ0n) is 18.9. The van der Waals surface area contributed by atoms with E-state index in [9.17, 15) is 22.4 Å². The van der Waals surface area contributed by atoms with E-state index in [2.05, 4.69) is 25.6 Å². The van der Waals surface area contributed by atoms with Crippen LogP contribution in [0.15, 0.2) is 30.6 Å². The first-order valence-electron chi connectivity index (χ1n) is 10.6. The molecule has 0 aliphatic heterocycles. The average molecular weight is 515 g/mol. The SMILES string of the molecule is CCCCOC(=O)NCc1cnc(Cl)nc1NCc1ccc(-c2nc(C(F)(F)F)cn2C)c(F)c1. The van der Waals surface area contributed by atoms with E-state index < -0.39 is 23.8 Å². The van der Waals surface area contributed by atoms with Gasteiger partial charge in [0.2, 0.25) is 5.28 Å². The lowest BCUT2D eigenvalue weighted by Gasteiger charge is -2.13. The van der Waals surface area contributed by atoms with Crippen molar-refractivity contribution in [1.29, 1.82) is 0 Å². The second kappa shape index (κ2) is 11.3. The molecule has 0 aliphatic rings. The highest BCUT2D eigenvalue weighted by molar-refractivity contribution is 6.28. The van der Waals surface area contributed by atoms with Gasteiger partial charge in [-0.25, -0.2) is 24.1 Å². The molecule has 2 aromatic heterocycles. The molecule has 2 N–H and O–H groups in total. The van der Waals surface area contributed by atoms with Gasteiger partial charge in [-0.1, -0.05) is 19.4 Å². The van der Waals surface area contributed by atoms with Gasteiger partial charge in [0.05, 0.1) is 18.7 Å². The molecule has 0 atom stereocenters. The Kier molecular flexibility index (Phi) is 8.49. The van der Waals surface area contributed by atoms with E-state index in [1.807, 2.05) is 6.92 Å². The number of aromatic nitrogens is 4. The number of alkyl carbamates (subject to hydrolysis) is 1. The van der Waals surface area contributed by atoms with Crippen LogP contribution >= 0.6 is 11.6 Å². The Hall–Kier alpha value is -3.41. The predicted octanol–water partition coefficient (Wildman–Crippen LogP) is 5.33. The molecule has 0 radical (unpaired) electrons. The Labute approximate surface area is 203 Å². The van der Waals surface area contributed by atoms with Crippen LogP contribution < -0.4 is 10.6 Å². The highest BCUT2D eigenvalue weighted by Gasteiger charge is 2.34. The maximum Gasteiger partial charge on any atom is 0.434 e. The maximum atomic E-state index is 14.8. The van der Waals surface area contributed by atoms with Crippen LogP contribution in [0.2, 0.25) is 5.28 Å². The molecule has 13 heteroatoms. The number of aryl methyl sites for hydroxylation is 1. The number of nitrogens with one attached hydrogen (secondary N) is 2. The molecule has 0 fully saturated rings. The van der Waals surface area contributed by atoms with Crippen LogP contribution in [0.25, 0.3) is 11.4 Å². The molecule has 0 spiro atoms. The van der Waals surface area contributed by atoms with Crippen molar-refractivity contribution >= 4 is 23.5 Å². The van der Waals surface area contributed by atoms with E-state index in [-0.39, 0.29) is 29.8 Å². The van der Waals surface area contributed by atoms with Crippen LogP contribution in [0.5, 0.6) is 0 Å². The first kappa shape index (κ1) is 26.2. The number of imidazole rings is 1. The average Bonchev–Trinajstić information content (AvgIpc) is 3.19. The number of benzene rings is 1. The van der Waals surface area contributed by atoms with Crippen LogP contribution in [0.1, 0.15) is 36.6 Å². The first-order valence-corrected chi connectivity index (χ1v) is 11.0. The number of hydrogen-bond donors (Lipinski definition) is 2. The van der Waals surface area contributed by atoms with E-state index >= 15 is 0 Å². The van der Waals surface area contributed by atoms with Gasteiger partial charge in [0.25, 0.3) is 0 Å². The van der Waals surface area contributed by atoms with Crippen molar-refractivity contribution in [3.05, 3.63) is 58.5 Å². The number of carbonyl (C=O) groups excluding carboxylic acids is 1. The third-order valence-corrected chi connectivity index (χ3v) is 5.07. The first-order chi connectivity index (χ1) is 16.6. The van der Waals surface area contributed by atoms with Gasteiger partial charge >= 0.3 is 12.3 Å². The number of anilines is 1. The number of amides is 1. The Balaban J connectivity index is 1.69. The van der Waals surface area contributed by atoms with Crippen LogP contribution in [-0.4, -0.2) is 32.2 Å². The molecule has 2 heterocycles. The zero-order chi connectivity index (χ0) is 25.6. The van der Waals surface area contributed by atoms with Crippen molar-refractivity contribution in [2.75, 3.05) is 11.9 Å². The van der Waals surface area contributed by atoms with Crippen LogP contribution in [0.3, 0.4) is 0 Å². The molecule has 188 valence electrons. The third-order valence-electron chi connectivity index (χ3n) is 4.89. The molecule has 8 nitrogen and oxygen atoms in total. The Morgan fingerprint density at radius 1 is 1.23 bits per heavy atom. The number of hydrogen-bond acceptors (Lipinski definition) is 6. The van der Waals surface area contributed by atoms with Crippen molar-refractivity contribution in [1.82, 2.24) is 24.8 Å². The summed E-state index contributed by atoms with van der Waals surface area (Å²) in [6.07, 6.45) is -1.33. The van der Waals surface area contributed by atoms with Gasteiger partial charge in [-0.2, -0.15) is 13.2 Å². The molecule has 1 aromatic carbocycles. The van der Waals surface area contributed by atoms with E-state index in [1.54, 1.807) is 6.07 Å². The lowest BCUT2D eigenvalue weighted by molar-refractivity contribution is -0.140. The Bertz CT molecular complexity index is 1190. The second-order valence-corrected chi connectivity index (χ2v) is 7.92. The minimum Gasteiger partial charge on any atom is -0.450 e. The van der Waals surface area contributed by atoms with Crippen molar-refractivity contribution in [2.24, 2.45) is 7.05 Å². The highest BCUT2D eigenvalue weighted by Crippen LogP contribution is 2.31. The molecule has 35 heavy (non-hydrogen) atoms. The van der Waals surface area contributed by atoms with Gasteiger partial charge in [0.15, 0.2) is 5.69 Å². The number of unbranched alkanes of at least 4 members (excludes halogenated alkanes) is 1. The Morgan fingerprint density at radius 2 is 2.00 bits per heavy atom. The summed E-state index contributed by atoms with van der Waals surface area (Å²) in [5, 5.41) is 5.57. The fraction of sp³-hybridized carbons (Fsp3) is 0.364. The number of halogens is 5. The standard InChI is InChI=1S/C22H23ClF4N6O2/c1-3-4-7-35-21(34)30-11-14-10-29-20(23)32-18(14)28-9-13-5-6-15(16(24)8-13)19-31-17(12-33(19)2)22(25,26)27/h5-6,8,10,12H,3-4,7,9,11H2,1-2H3,(H,30,34)(H,28,29,32). The van der Waals surface area contributed by atoms with E-state index in [4.69, 9.17) is 16.3 Å². The summed E-state index contributed by atoms with van der Waals surface area (Å²) in [4.78, 5) is 23.3. The third kappa shape index (κ3) is 7.04. The van der Waals surface area contributed by atoms with E-state index in [0.717, 1.165) is 23.6 Å². The predicted molar refractivity (Wildman–Crippen MR) is 121 cm³/mol. The molecule has 0 saturated carbocycles. The van der Waals surface area contributed by atoms with Crippen LogP contribution in [0, 0.1) is 5.82 Å². The van der Waals surface area contributed by atoms with Gasteiger partial charge in [-0.05, 0) is 35.7 Å². The van der Waals surface area contributed by atoms with E-state index in [1.165, 1.54) is 25.4 Å². The normalized spacial score (nSPS) is 11.4. The molecule has 1 amide bonds. The molecular weight excluding hydrogens is 492 g/mol. The summed E-state index contributed by atoms with van der Waals surface area (Å²) in [6.45, 7) is 2.47. The quantitative estimate of drug-likeness (QED) is 0.228. The molecule has 0 aliphatic carbocycles. The van der Waals surface area contributed by atoms with E-state index in [0.29, 0.717) is 23.6 Å². The lowest BCUT2D eigenvalue weighted by atomic mass is 10.1. The van der Waals surface area contributed by atoms with Crippen molar-refractivity contribution < 1.29 is 27.1 Å². The molecule has 0 unspecified atom stereocenters. The van der Waals surface area contributed by atoms with Crippen molar-refractivity contribution in [3.63, 3.8) is 0 Å².